The summed E-state index contributed by atoms with van der Waals surface area (Å²) in [5.41, 5.74) is 2.85. The van der Waals surface area contributed by atoms with Crippen molar-refractivity contribution in [2.45, 2.75) is 62.0 Å². The van der Waals surface area contributed by atoms with E-state index in [-0.39, 0.29) is 22.5 Å². The maximum absolute atomic E-state index is 15.6. The third-order valence-corrected chi connectivity index (χ3v) is 8.21. The predicted molar refractivity (Wildman–Crippen MR) is 128 cm³/mol. The summed E-state index contributed by atoms with van der Waals surface area (Å²) in [5.74, 6) is 1.01. The van der Waals surface area contributed by atoms with Gasteiger partial charge in [-0.2, -0.15) is 0 Å². The summed E-state index contributed by atoms with van der Waals surface area (Å²) in [6.07, 6.45) is 9.25. The molecular weight excluding hydrogens is 453 g/mol. The molecule has 1 aromatic heterocycles. The molecule has 3 aromatic rings. The minimum absolute atomic E-state index is 0.0847. The molecule has 0 bridgehead atoms. The van der Waals surface area contributed by atoms with Crippen LogP contribution in [0.5, 0.6) is 0 Å². The van der Waals surface area contributed by atoms with Crippen molar-refractivity contribution >= 4 is 26.8 Å². The van der Waals surface area contributed by atoms with E-state index < -0.39 is 27.8 Å². The van der Waals surface area contributed by atoms with Crippen LogP contribution in [0.15, 0.2) is 47.4 Å². The molecule has 0 saturated heterocycles. The summed E-state index contributed by atoms with van der Waals surface area (Å²) >= 11 is 0. The van der Waals surface area contributed by atoms with Crippen molar-refractivity contribution in [1.82, 2.24) is 14.6 Å². The molecule has 5 rings (SSSR count). The van der Waals surface area contributed by atoms with Crippen LogP contribution >= 0.6 is 0 Å². The number of hydrogen-bond acceptors (Lipinski definition) is 3. The van der Waals surface area contributed by atoms with E-state index in [1.807, 2.05) is 31.2 Å². The lowest BCUT2D eigenvalue weighted by Gasteiger charge is -2.41. The first-order valence-electron chi connectivity index (χ1n) is 11.5. The molecule has 176 valence electrons. The van der Waals surface area contributed by atoms with Crippen molar-refractivity contribution in [1.29, 1.82) is 0 Å². The molecule has 1 aliphatic heterocycles. The number of aromatic nitrogens is 1. The summed E-state index contributed by atoms with van der Waals surface area (Å²) in [6, 6.07) is 10.6. The molecule has 0 spiro atoms. The topological polar surface area (TPSA) is 82.3 Å². The molecule has 2 N–H and O–H groups in total. The number of terminal acetylenes is 1. The number of amides is 1. The van der Waals surface area contributed by atoms with Gasteiger partial charge in [0.1, 0.15) is 11.9 Å². The highest BCUT2D eigenvalue weighted by Crippen LogP contribution is 2.42. The van der Waals surface area contributed by atoms with E-state index in [9.17, 15) is 13.2 Å². The van der Waals surface area contributed by atoms with Gasteiger partial charge in [0.15, 0.2) is 0 Å². The number of carbonyl (C=O) groups excluding carboxylic acids is 1. The minimum atomic E-state index is -3.81. The van der Waals surface area contributed by atoms with E-state index in [2.05, 4.69) is 15.6 Å². The van der Waals surface area contributed by atoms with Crippen LogP contribution in [0.2, 0.25) is 0 Å². The molecule has 2 heterocycles. The molecule has 1 saturated carbocycles. The fourth-order valence-corrected chi connectivity index (χ4v) is 6.30. The standard InChI is InChI=1S/C26H26FN3O3S/c1-3-7-17-14-21-19-8-5-6-9-23(19)28-25(21)26(30(17)24(31)4-2)20-13-12-18(15-22(20)27)34(32,33)29-16-10-11-16/h2,5-6,8-9,12-13,15-17,26,28-29H,3,7,10-11,14H2,1H3/t17-,26-/m0/s1. The van der Waals surface area contributed by atoms with Gasteiger partial charge < -0.3 is 9.88 Å². The van der Waals surface area contributed by atoms with Crippen LogP contribution in [0.4, 0.5) is 4.39 Å². The van der Waals surface area contributed by atoms with E-state index in [1.165, 1.54) is 12.1 Å². The largest absolute Gasteiger partial charge is 0.356 e. The molecule has 8 heteroatoms. The Morgan fingerprint density at radius 3 is 2.71 bits per heavy atom. The van der Waals surface area contributed by atoms with Crippen LogP contribution in [-0.4, -0.2) is 36.3 Å². The lowest BCUT2D eigenvalue weighted by Crippen LogP contribution is -2.47. The zero-order valence-electron chi connectivity index (χ0n) is 18.8. The van der Waals surface area contributed by atoms with Gasteiger partial charge in [-0.15, -0.1) is 6.42 Å². The molecule has 2 aromatic carbocycles. The van der Waals surface area contributed by atoms with Crippen molar-refractivity contribution in [3.8, 4) is 12.3 Å². The van der Waals surface area contributed by atoms with E-state index in [1.54, 1.807) is 4.90 Å². The molecule has 1 amide bonds. The molecule has 6 nitrogen and oxygen atoms in total. The fourth-order valence-electron chi connectivity index (χ4n) is 4.98. The molecule has 2 atom stereocenters. The molecule has 34 heavy (non-hydrogen) atoms. The average molecular weight is 480 g/mol. The number of hydrogen-bond donors (Lipinski definition) is 2. The van der Waals surface area contributed by atoms with Crippen LogP contribution in [-0.2, 0) is 21.2 Å². The first kappa shape index (κ1) is 22.6. The van der Waals surface area contributed by atoms with Crippen molar-refractivity contribution < 1.29 is 17.6 Å². The molecule has 1 aliphatic carbocycles. The van der Waals surface area contributed by atoms with Gasteiger partial charge in [-0.1, -0.05) is 37.6 Å². The highest BCUT2D eigenvalue weighted by Gasteiger charge is 2.41. The first-order valence-corrected chi connectivity index (χ1v) is 13.0. The average Bonchev–Trinajstić information content (AvgIpc) is 3.55. The molecule has 1 fully saturated rings. The zero-order valence-corrected chi connectivity index (χ0v) is 19.7. The number of rotatable bonds is 6. The normalized spacial score (nSPS) is 20.2. The van der Waals surface area contributed by atoms with Gasteiger partial charge in [-0.25, -0.2) is 17.5 Å². The number of para-hydroxylation sites is 1. The summed E-state index contributed by atoms with van der Waals surface area (Å²) in [4.78, 5) is 17.8. The Balaban J connectivity index is 1.67. The third kappa shape index (κ3) is 3.89. The summed E-state index contributed by atoms with van der Waals surface area (Å²) < 4.78 is 43.4. The Kier molecular flexibility index (Phi) is 5.70. The second-order valence-corrected chi connectivity index (χ2v) is 10.8. The number of H-pyrrole nitrogens is 1. The first-order chi connectivity index (χ1) is 16.3. The predicted octanol–water partition coefficient (Wildman–Crippen LogP) is 4.02. The SMILES string of the molecule is C#CC(=O)N1[C@@H](CCC)Cc2c([nH]c3ccccc23)[C@@H]1c1ccc(S(=O)(=O)NC2CC2)cc1F. The maximum atomic E-state index is 15.6. The van der Waals surface area contributed by atoms with Gasteiger partial charge in [0.2, 0.25) is 10.0 Å². The number of nitrogens with zero attached hydrogens (tertiary/aromatic N) is 1. The molecule has 0 unspecified atom stereocenters. The second-order valence-electron chi connectivity index (χ2n) is 9.05. The van der Waals surface area contributed by atoms with Gasteiger partial charge in [0.25, 0.3) is 5.91 Å². The fraction of sp³-hybridized carbons (Fsp3) is 0.346. The zero-order chi connectivity index (χ0) is 24.0. The number of halogens is 1. The van der Waals surface area contributed by atoms with Gasteiger partial charge >= 0.3 is 0 Å². The Bertz CT molecular complexity index is 1420. The van der Waals surface area contributed by atoms with Gasteiger partial charge in [0.05, 0.1) is 4.90 Å². The number of benzene rings is 2. The van der Waals surface area contributed by atoms with E-state index >= 15 is 4.39 Å². The highest BCUT2D eigenvalue weighted by molar-refractivity contribution is 7.89. The second kappa shape index (κ2) is 8.57. The van der Waals surface area contributed by atoms with E-state index in [4.69, 9.17) is 6.42 Å². The number of carbonyl (C=O) groups is 1. The molecule has 0 radical (unpaired) electrons. The Morgan fingerprint density at radius 1 is 1.26 bits per heavy atom. The van der Waals surface area contributed by atoms with Crippen LogP contribution in [0, 0.1) is 18.2 Å². The molecular formula is C26H26FN3O3S. The quantitative estimate of drug-likeness (QED) is 0.524. The number of fused-ring (bicyclic) bond motifs is 3. The smallest absolute Gasteiger partial charge is 0.299 e. The van der Waals surface area contributed by atoms with Gasteiger partial charge in [-0.3, -0.25) is 4.79 Å². The van der Waals surface area contributed by atoms with Crippen molar-refractivity contribution in [3.63, 3.8) is 0 Å². The van der Waals surface area contributed by atoms with Crippen LogP contribution in [0.3, 0.4) is 0 Å². The van der Waals surface area contributed by atoms with Crippen LogP contribution in [0.25, 0.3) is 10.9 Å². The number of sulfonamides is 1. The Morgan fingerprint density at radius 2 is 2.03 bits per heavy atom. The summed E-state index contributed by atoms with van der Waals surface area (Å²) in [6.45, 7) is 2.03. The lowest BCUT2D eigenvalue weighted by atomic mass is 9.86. The summed E-state index contributed by atoms with van der Waals surface area (Å²) in [5, 5.41) is 1.03. The van der Waals surface area contributed by atoms with Crippen molar-refractivity contribution in [2.75, 3.05) is 0 Å². The molecule has 2 aliphatic rings. The van der Waals surface area contributed by atoms with E-state index in [0.717, 1.165) is 41.8 Å². The van der Waals surface area contributed by atoms with Crippen LogP contribution < -0.4 is 4.72 Å². The van der Waals surface area contributed by atoms with Crippen LogP contribution in [0.1, 0.15) is 55.5 Å². The van der Waals surface area contributed by atoms with Crippen molar-refractivity contribution in [2.24, 2.45) is 0 Å². The van der Waals surface area contributed by atoms with Gasteiger partial charge in [0, 0.05) is 34.2 Å². The highest BCUT2D eigenvalue weighted by atomic mass is 32.2. The Hall–Kier alpha value is -3.15. The lowest BCUT2D eigenvalue weighted by molar-refractivity contribution is -0.130. The monoisotopic (exact) mass is 479 g/mol. The number of nitrogens with one attached hydrogen (secondary N) is 2. The van der Waals surface area contributed by atoms with E-state index in [0.29, 0.717) is 18.5 Å². The minimum Gasteiger partial charge on any atom is -0.356 e. The third-order valence-electron chi connectivity index (χ3n) is 6.69. The maximum Gasteiger partial charge on any atom is 0.299 e. The van der Waals surface area contributed by atoms with Gasteiger partial charge in [-0.05, 0) is 55.4 Å². The van der Waals surface area contributed by atoms with Crippen molar-refractivity contribution in [3.05, 3.63) is 65.1 Å². The Labute approximate surface area is 198 Å². The number of aromatic amines is 1. The summed E-state index contributed by atoms with van der Waals surface area (Å²) in [7, 11) is -3.81.